The first kappa shape index (κ1) is 9.85. The van der Waals surface area contributed by atoms with Gasteiger partial charge in [0.15, 0.2) is 0 Å². The van der Waals surface area contributed by atoms with E-state index >= 15 is 0 Å². The predicted molar refractivity (Wildman–Crippen MR) is 56.0 cm³/mol. The fraction of sp³-hybridized carbons (Fsp3) is 0. The van der Waals surface area contributed by atoms with Crippen LogP contribution in [0, 0.1) is 0 Å². The van der Waals surface area contributed by atoms with Gasteiger partial charge in [-0.1, -0.05) is 29.0 Å². The number of halogens is 1. The highest BCUT2D eigenvalue weighted by Crippen LogP contribution is 2.30. The largest absolute Gasteiger partial charge is 0.265 e. The van der Waals surface area contributed by atoms with Gasteiger partial charge in [-0.2, -0.15) is 0 Å². The van der Waals surface area contributed by atoms with E-state index in [-0.39, 0.29) is 4.34 Å². The summed E-state index contributed by atoms with van der Waals surface area (Å²) in [4.78, 5) is 3.87. The van der Waals surface area contributed by atoms with E-state index in [9.17, 15) is 8.42 Å². The molecule has 0 saturated heterocycles. The molecule has 7 heteroatoms. The molecule has 2 rings (SSSR count). The second kappa shape index (κ2) is 3.16. The number of benzene rings is 1. The molecule has 2 N–H and O–H groups in total. The number of primary sulfonamides is 1. The molecule has 2 aromatic rings. The Balaban J connectivity index is 2.81. The lowest BCUT2D eigenvalue weighted by Crippen LogP contribution is -2.11. The number of aromatic nitrogens is 1. The summed E-state index contributed by atoms with van der Waals surface area (Å²) < 4.78 is 22.5. The minimum absolute atomic E-state index is 0.111. The minimum Gasteiger partial charge on any atom is -0.224 e. The van der Waals surface area contributed by atoms with E-state index in [0.717, 1.165) is 11.3 Å². The van der Waals surface area contributed by atoms with Crippen molar-refractivity contribution in [3.63, 3.8) is 0 Å². The van der Waals surface area contributed by atoms with Gasteiger partial charge in [0.2, 0.25) is 4.34 Å². The molecular weight excluding hydrogens is 244 g/mol. The Morgan fingerprint density at radius 1 is 1.43 bits per heavy atom. The lowest BCUT2D eigenvalue weighted by molar-refractivity contribution is 0.597. The van der Waals surface area contributed by atoms with E-state index in [1.54, 1.807) is 18.2 Å². The molecule has 14 heavy (non-hydrogen) atoms. The van der Waals surface area contributed by atoms with Crippen molar-refractivity contribution in [1.29, 1.82) is 0 Å². The third-order valence-electron chi connectivity index (χ3n) is 1.59. The molecule has 0 spiro atoms. The number of sulfonamides is 1. The zero-order chi connectivity index (χ0) is 10.3. The Kier molecular flexibility index (Phi) is 2.23. The van der Waals surface area contributed by atoms with E-state index in [2.05, 4.69) is 4.98 Å². The van der Waals surface area contributed by atoms with Crippen molar-refractivity contribution in [2.24, 2.45) is 5.14 Å². The molecule has 0 saturated carbocycles. The first-order chi connectivity index (χ1) is 6.48. The third kappa shape index (κ3) is 1.61. The van der Waals surface area contributed by atoms with Crippen LogP contribution in [0.2, 0.25) is 5.02 Å². The van der Waals surface area contributed by atoms with Crippen LogP contribution in [0.25, 0.3) is 10.2 Å². The Bertz CT molecular complexity index is 591. The van der Waals surface area contributed by atoms with Gasteiger partial charge in [0, 0.05) is 0 Å². The van der Waals surface area contributed by atoms with Crippen LogP contribution in [-0.2, 0) is 10.0 Å². The van der Waals surface area contributed by atoms with Gasteiger partial charge in [0.05, 0.1) is 15.2 Å². The van der Waals surface area contributed by atoms with Crippen molar-refractivity contribution in [1.82, 2.24) is 4.98 Å². The first-order valence-corrected chi connectivity index (χ1v) is 6.30. The highest BCUT2D eigenvalue weighted by Gasteiger charge is 2.15. The van der Waals surface area contributed by atoms with Gasteiger partial charge < -0.3 is 0 Å². The predicted octanol–water partition coefficient (Wildman–Crippen LogP) is 1.60. The Morgan fingerprint density at radius 2 is 2.14 bits per heavy atom. The second-order valence-electron chi connectivity index (χ2n) is 2.61. The Morgan fingerprint density at radius 3 is 2.71 bits per heavy atom. The maximum atomic E-state index is 11.0. The normalized spacial score (nSPS) is 12.1. The number of nitrogens with two attached hydrogens (primary N) is 1. The van der Waals surface area contributed by atoms with Crippen molar-refractivity contribution in [3.8, 4) is 0 Å². The van der Waals surface area contributed by atoms with Crippen molar-refractivity contribution in [2.75, 3.05) is 0 Å². The number of nitrogens with zero attached hydrogens (tertiary/aromatic N) is 1. The van der Waals surface area contributed by atoms with E-state index in [0.29, 0.717) is 15.2 Å². The van der Waals surface area contributed by atoms with Crippen molar-refractivity contribution in [3.05, 3.63) is 23.2 Å². The molecule has 0 aliphatic heterocycles. The molecule has 0 unspecified atom stereocenters. The van der Waals surface area contributed by atoms with E-state index in [1.165, 1.54) is 0 Å². The molecule has 74 valence electrons. The third-order valence-corrected chi connectivity index (χ3v) is 4.44. The van der Waals surface area contributed by atoms with Gasteiger partial charge >= 0.3 is 0 Å². The van der Waals surface area contributed by atoms with Gasteiger partial charge in [-0.25, -0.2) is 18.5 Å². The van der Waals surface area contributed by atoms with E-state index in [1.807, 2.05) is 0 Å². The van der Waals surface area contributed by atoms with Gasteiger partial charge in [0.1, 0.15) is 0 Å². The molecular formula is C7H5ClN2O2S2. The van der Waals surface area contributed by atoms with Crippen molar-refractivity contribution < 1.29 is 8.42 Å². The summed E-state index contributed by atoms with van der Waals surface area (Å²) in [5.74, 6) is 0. The second-order valence-corrected chi connectivity index (χ2v) is 5.75. The highest BCUT2D eigenvalue weighted by atomic mass is 35.5. The summed E-state index contributed by atoms with van der Waals surface area (Å²) in [6.45, 7) is 0. The van der Waals surface area contributed by atoms with E-state index in [4.69, 9.17) is 16.7 Å². The molecule has 0 radical (unpaired) electrons. The quantitative estimate of drug-likeness (QED) is 0.833. The molecule has 1 aromatic carbocycles. The van der Waals surface area contributed by atoms with Crippen LogP contribution in [-0.4, -0.2) is 13.4 Å². The number of hydrogen-bond acceptors (Lipinski definition) is 4. The zero-order valence-electron chi connectivity index (χ0n) is 6.77. The van der Waals surface area contributed by atoms with Crippen LogP contribution in [0.5, 0.6) is 0 Å². The fourth-order valence-corrected chi connectivity index (χ4v) is 2.94. The topological polar surface area (TPSA) is 73.1 Å². The molecule has 0 fully saturated rings. The zero-order valence-corrected chi connectivity index (χ0v) is 9.16. The molecule has 0 aliphatic carbocycles. The van der Waals surface area contributed by atoms with Crippen LogP contribution < -0.4 is 5.14 Å². The monoisotopic (exact) mass is 248 g/mol. The van der Waals surface area contributed by atoms with Crippen LogP contribution in [0.1, 0.15) is 0 Å². The average molecular weight is 249 g/mol. The van der Waals surface area contributed by atoms with Crippen LogP contribution >= 0.6 is 22.9 Å². The van der Waals surface area contributed by atoms with E-state index < -0.39 is 10.0 Å². The van der Waals surface area contributed by atoms with Gasteiger partial charge in [-0.05, 0) is 12.1 Å². The molecule has 1 aromatic heterocycles. The lowest BCUT2D eigenvalue weighted by Gasteiger charge is -1.87. The molecule has 4 nitrogen and oxygen atoms in total. The highest BCUT2D eigenvalue weighted by molar-refractivity contribution is 7.91. The van der Waals surface area contributed by atoms with Crippen molar-refractivity contribution >= 4 is 43.2 Å². The van der Waals surface area contributed by atoms with Crippen LogP contribution in [0.4, 0.5) is 0 Å². The summed E-state index contributed by atoms with van der Waals surface area (Å²) in [6.07, 6.45) is 0. The molecule has 1 heterocycles. The maximum absolute atomic E-state index is 11.0. The molecule has 0 atom stereocenters. The smallest absolute Gasteiger partial charge is 0.224 e. The molecule has 0 aliphatic rings. The summed E-state index contributed by atoms with van der Waals surface area (Å²) in [5, 5.41) is 5.43. The number of hydrogen-bond donors (Lipinski definition) is 1. The van der Waals surface area contributed by atoms with Crippen molar-refractivity contribution in [2.45, 2.75) is 4.34 Å². The summed E-state index contributed by atoms with van der Waals surface area (Å²) in [6, 6.07) is 5.07. The summed E-state index contributed by atoms with van der Waals surface area (Å²) >= 11 is 6.83. The Hall–Kier alpha value is -0.690. The van der Waals surface area contributed by atoms with Gasteiger partial charge in [-0.15, -0.1) is 0 Å². The average Bonchev–Trinajstić information content (AvgIpc) is 2.48. The summed E-state index contributed by atoms with van der Waals surface area (Å²) in [5.41, 5.74) is 0.548. The first-order valence-electron chi connectivity index (χ1n) is 3.56. The summed E-state index contributed by atoms with van der Waals surface area (Å²) in [7, 11) is -3.73. The fourth-order valence-electron chi connectivity index (χ4n) is 1.02. The van der Waals surface area contributed by atoms with Crippen LogP contribution in [0.15, 0.2) is 22.5 Å². The maximum Gasteiger partial charge on any atom is 0.265 e. The number of fused-ring (bicyclic) bond motifs is 1. The van der Waals surface area contributed by atoms with Gasteiger partial charge in [0.25, 0.3) is 10.0 Å². The number of rotatable bonds is 1. The minimum atomic E-state index is -3.73. The lowest BCUT2D eigenvalue weighted by atomic mass is 10.3. The Labute approximate surface area is 89.4 Å². The molecule has 0 amide bonds. The SMILES string of the molecule is NS(=O)(=O)c1nc2cccc(Cl)c2s1. The molecule has 0 bridgehead atoms. The standard InChI is InChI=1S/C7H5ClN2O2S2/c8-4-2-1-3-5-6(4)13-7(10-5)14(9,11)12/h1-3H,(H2,9,11,12). The van der Waals surface area contributed by atoms with Gasteiger partial charge in [-0.3, -0.25) is 0 Å². The number of thiazole rings is 1. The van der Waals surface area contributed by atoms with Crippen LogP contribution in [0.3, 0.4) is 0 Å².